The molecule has 5 heterocycles. The highest BCUT2D eigenvalue weighted by Crippen LogP contribution is 2.41. The number of anilines is 1. The van der Waals surface area contributed by atoms with Gasteiger partial charge in [-0.15, -0.1) is 0 Å². The van der Waals surface area contributed by atoms with Crippen LogP contribution in [0.5, 0.6) is 0 Å². The molecule has 0 spiro atoms. The van der Waals surface area contributed by atoms with Gasteiger partial charge in [0.25, 0.3) is 0 Å². The van der Waals surface area contributed by atoms with E-state index in [0.717, 1.165) is 16.7 Å². The van der Waals surface area contributed by atoms with Gasteiger partial charge in [-0.3, -0.25) is 19.1 Å². The molecule has 1 aromatic carbocycles. The molecular formula is C33H35BrFN7O4. The third-order valence-electron chi connectivity index (χ3n) is 9.20. The van der Waals surface area contributed by atoms with Crippen LogP contribution in [0.4, 0.5) is 10.2 Å². The van der Waals surface area contributed by atoms with Gasteiger partial charge in [0.1, 0.15) is 28.7 Å². The number of Topliss-reactive ketones (excluding diaryl/α,β-unsaturated/α-hetero) is 1. The molecule has 13 heteroatoms. The van der Waals surface area contributed by atoms with Crippen LogP contribution >= 0.6 is 15.9 Å². The lowest BCUT2D eigenvalue weighted by Crippen LogP contribution is -2.48. The monoisotopic (exact) mass is 691 g/mol. The number of nitrogens with zero attached hydrogens (tertiary/aromatic N) is 6. The number of hydrogen-bond acceptors (Lipinski definition) is 8. The van der Waals surface area contributed by atoms with E-state index in [1.807, 2.05) is 52.8 Å². The standard InChI is InChI=1S/C33H35BrFN7O4/c1-17-7-8-25(34)38-29(17)39-30(45)24-11-32(5,6)20(4)42(24)26(44)14-41-28-18(2)9-21(10-23(28)27(40-41)19(3)43)22-12-36-31(37-13-22)33(35)15-46-16-33/h7-10,12-13,20,24H,11,14-16H2,1-6H3,(H,38,39,45)/t20-,24+/m1/s1. The van der Waals surface area contributed by atoms with Gasteiger partial charge in [0.05, 0.1) is 18.7 Å². The van der Waals surface area contributed by atoms with E-state index in [2.05, 4.69) is 41.3 Å². The predicted octanol–water partition coefficient (Wildman–Crippen LogP) is 5.32. The van der Waals surface area contributed by atoms with Gasteiger partial charge in [-0.25, -0.2) is 19.3 Å². The second kappa shape index (κ2) is 11.6. The van der Waals surface area contributed by atoms with Gasteiger partial charge in [-0.1, -0.05) is 19.9 Å². The number of halogens is 2. The lowest BCUT2D eigenvalue weighted by molar-refractivity contribution is -0.140. The lowest BCUT2D eigenvalue weighted by atomic mass is 9.84. The molecule has 11 nitrogen and oxygen atoms in total. The quantitative estimate of drug-likeness (QED) is 0.204. The number of ether oxygens (including phenoxy) is 1. The van der Waals surface area contributed by atoms with Crippen LogP contribution in [0, 0.1) is 19.3 Å². The van der Waals surface area contributed by atoms with Crippen molar-refractivity contribution in [1.29, 1.82) is 0 Å². The summed E-state index contributed by atoms with van der Waals surface area (Å²) in [4.78, 5) is 55.0. The number of alkyl halides is 1. The maximum Gasteiger partial charge on any atom is 0.248 e. The first-order valence-corrected chi connectivity index (χ1v) is 15.8. The van der Waals surface area contributed by atoms with Gasteiger partial charge in [-0.2, -0.15) is 5.10 Å². The first-order valence-electron chi connectivity index (χ1n) is 15.1. The number of carbonyl (C=O) groups excluding carboxylic acids is 3. The van der Waals surface area contributed by atoms with Gasteiger partial charge >= 0.3 is 0 Å². The molecule has 4 aromatic rings. The van der Waals surface area contributed by atoms with Crippen molar-refractivity contribution < 1.29 is 23.5 Å². The highest BCUT2D eigenvalue weighted by molar-refractivity contribution is 9.10. The zero-order valence-corrected chi connectivity index (χ0v) is 28.1. The Labute approximate surface area is 274 Å². The number of amides is 2. The largest absolute Gasteiger partial charge is 0.374 e. The number of rotatable bonds is 7. The molecule has 0 aliphatic carbocycles. The number of nitrogens with one attached hydrogen (secondary N) is 1. The summed E-state index contributed by atoms with van der Waals surface area (Å²) in [5.41, 5.74) is 1.80. The molecule has 0 unspecified atom stereocenters. The van der Waals surface area contributed by atoms with Gasteiger partial charge in [0, 0.05) is 36.3 Å². The van der Waals surface area contributed by atoms with E-state index < -0.39 is 11.7 Å². The summed E-state index contributed by atoms with van der Waals surface area (Å²) in [7, 11) is 0. The second-order valence-corrected chi connectivity index (χ2v) is 13.8. The minimum atomic E-state index is -1.68. The van der Waals surface area contributed by atoms with Gasteiger partial charge in [-0.05, 0) is 83.4 Å². The minimum Gasteiger partial charge on any atom is -0.374 e. The van der Waals surface area contributed by atoms with E-state index in [-0.39, 0.29) is 60.3 Å². The molecule has 2 amide bonds. The van der Waals surface area contributed by atoms with E-state index >= 15 is 0 Å². The van der Waals surface area contributed by atoms with Crippen molar-refractivity contribution in [3.8, 4) is 11.1 Å². The molecule has 2 fully saturated rings. The number of fused-ring (bicyclic) bond motifs is 1. The van der Waals surface area contributed by atoms with Gasteiger partial charge < -0.3 is 15.0 Å². The number of likely N-dealkylation sites (tertiary alicyclic amines) is 1. The number of carbonyl (C=O) groups is 3. The van der Waals surface area contributed by atoms with Crippen molar-refractivity contribution in [3.05, 3.63) is 63.9 Å². The van der Waals surface area contributed by atoms with Crippen LogP contribution in [-0.2, 0) is 26.5 Å². The topological polar surface area (TPSA) is 132 Å². The number of benzene rings is 1. The fraction of sp³-hybridized carbons (Fsp3) is 0.424. The summed E-state index contributed by atoms with van der Waals surface area (Å²) in [5.74, 6) is -0.351. The Morgan fingerprint density at radius 1 is 1.09 bits per heavy atom. The number of aryl methyl sites for hydroxylation is 2. The SMILES string of the molecule is CC(=O)c1nn(CC(=O)N2[C@H](C(=O)Nc3nc(Br)ccc3C)CC(C)(C)[C@H]2C)c2c(C)cc(-c3cnc(C4(F)COC4)nc3)cc12. The lowest BCUT2D eigenvalue weighted by Gasteiger charge is -2.31. The molecule has 0 radical (unpaired) electrons. The van der Waals surface area contributed by atoms with Crippen LogP contribution < -0.4 is 5.32 Å². The normalized spacial score (nSPS) is 20.0. The van der Waals surface area contributed by atoms with Crippen molar-refractivity contribution in [1.82, 2.24) is 29.6 Å². The first kappa shape index (κ1) is 31.9. The molecule has 240 valence electrons. The molecule has 46 heavy (non-hydrogen) atoms. The molecule has 0 saturated carbocycles. The van der Waals surface area contributed by atoms with E-state index in [1.165, 1.54) is 6.92 Å². The fourth-order valence-electron chi connectivity index (χ4n) is 6.25. The smallest absolute Gasteiger partial charge is 0.248 e. The Balaban J connectivity index is 1.31. The molecule has 6 rings (SSSR count). The maximum atomic E-state index is 14.7. The summed E-state index contributed by atoms with van der Waals surface area (Å²) >= 11 is 3.35. The van der Waals surface area contributed by atoms with Gasteiger partial charge in [0.15, 0.2) is 11.6 Å². The molecule has 1 N–H and O–H groups in total. The molecule has 3 aromatic heterocycles. The molecule has 2 aliphatic rings. The first-order chi connectivity index (χ1) is 21.7. The van der Waals surface area contributed by atoms with E-state index in [0.29, 0.717) is 33.3 Å². The second-order valence-electron chi connectivity index (χ2n) is 13.0. The Bertz CT molecular complexity index is 1890. The molecular weight excluding hydrogens is 657 g/mol. The zero-order valence-electron chi connectivity index (χ0n) is 26.5. The van der Waals surface area contributed by atoms with Crippen molar-refractivity contribution in [2.24, 2.45) is 5.41 Å². The zero-order chi connectivity index (χ0) is 33.1. The van der Waals surface area contributed by atoms with E-state index in [1.54, 1.807) is 28.0 Å². The van der Waals surface area contributed by atoms with Crippen molar-refractivity contribution in [2.75, 3.05) is 18.5 Å². The fourth-order valence-corrected chi connectivity index (χ4v) is 6.56. The molecule has 2 atom stereocenters. The Hall–Kier alpha value is -4.10. The molecule has 2 aliphatic heterocycles. The van der Waals surface area contributed by atoms with Crippen LogP contribution in [0.25, 0.3) is 22.0 Å². The number of hydrogen-bond donors (Lipinski definition) is 1. The average Bonchev–Trinajstić information content (AvgIpc) is 3.47. The van der Waals surface area contributed by atoms with Crippen LogP contribution in [0.3, 0.4) is 0 Å². The summed E-state index contributed by atoms with van der Waals surface area (Å²) in [6.45, 7) is 10.9. The van der Waals surface area contributed by atoms with Crippen molar-refractivity contribution >= 4 is 50.2 Å². The van der Waals surface area contributed by atoms with E-state index in [9.17, 15) is 18.8 Å². The third-order valence-corrected chi connectivity index (χ3v) is 9.64. The Kier molecular flexibility index (Phi) is 8.04. The summed E-state index contributed by atoms with van der Waals surface area (Å²) in [6, 6.07) is 6.40. The predicted molar refractivity (Wildman–Crippen MR) is 173 cm³/mol. The molecule has 0 bridgehead atoms. The van der Waals surface area contributed by atoms with Crippen molar-refractivity contribution in [3.63, 3.8) is 0 Å². The van der Waals surface area contributed by atoms with Gasteiger partial charge in [0.2, 0.25) is 17.5 Å². The van der Waals surface area contributed by atoms with E-state index in [4.69, 9.17) is 4.74 Å². The van der Waals surface area contributed by atoms with Crippen LogP contribution in [0.1, 0.15) is 61.6 Å². The average molecular weight is 693 g/mol. The Morgan fingerprint density at radius 2 is 1.78 bits per heavy atom. The summed E-state index contributed by atoms with van der Waals surface area (Å²) in [6.07, 6.45) is 3.57. The summed E-state index contributed by atoms with van der Waals surface area (Å²) < 4.78 is 21.8. The number of pyridine rings is 1. The minimum absolute atomic E-state index is 0.0711. The van der Waals surface area contributed by atoms with Crippen LogP contribution in [0.2, 0.25) is 0 Å². The summed E-state index contributed by atoms with van der Waals surface area (Å²) in [5, 5.41) is 8.09. The number of aromatic nitrogens is 5. The molecule has 2 saturated heterocycles. The maximum absolute atomic E-state index is 14.7. The highest BCUT2D eigenvalue weighted by Gasteiger charge is 2.49. The van der Waals surface area contributed by atoms with Crippen LogP contribution in [0.15, 0.2) is 41.3 Å². The highest BCUT2D eigenvalue weighted by atomic mass is 79.9. The van der Waals surface area contributed by atoms with Crippen LogP contribution in [-0.4, -0.2) is 72.5 Å². The Morgan fingerprint density at radius 3 is 2.41 bits per heavy atom. The third kappa shape index (κ3) is 5.59. The number of ketones is 1. The van der Waals surface area contributed by atoms with Crippen molar-refractivity contribution in [2.45, 2.75) is 72.3 Å².